The highest BCUT2D eigenvalue weighted by Gasteiger charge is 2.35. The van der Waals surface area contributed by atoms with Crippen molar-refractivity contribution in [2.75, 3.05) is 19.6 Å². The summed E-state index contributed by atoms with van der Waals surface area (Å²) in [6, 6.07) is 0. The zero-order valence-corrected chi connectivity index (χ0v) is 10.3. The van der Waals surface area contributed by atoms with Crippen LogP contribution in [0, 0.1) is 5.92 Å². The van der Waals surface area contributed by atoms with Gasteiger partial charge in [0.1, 0.15) is 5.60 Å². The molecule has 94 valence electrons. The standard InChI is InChI=1S/C11H22N2O3/c1-11(2,3)16-10(15)13-6-8(4-5-12)9(14)7-13/h8-9,14H,4-7,12H2,1-3H3/t8?,9-/m0/s1. The molecule has 5 heteroatoms. The van der Waals surface area contributed by atoms with Crippen LogP contribution in [0.25, 0.3) is 0 Å². The molecule has 0 aromatic heterocycles. The van der Waals surface area contributed by atoms with Crippen LogP contribution < -0.4 is 5.73 Å². The SMILES string of the molecule is CC(C)(C)OC(=O)N1CC(CCN)[C@@H](O)C1. The Morgan fingerprint density at radius 1 is 1.50 bits per heavy atom. The fraction of sp³-hybridized carbons (Fsp3) is 0.909. The van der Waals surface area contributed by atoms with Gasteiger partial charge < -0.3 is 20.5 Å². The number of carbonyl (C=O) groups is 1. The number of ether oxygens (including phenoxy) is 1. The molecule has 0 bridgehead atoms. The first-order chi connectivity index (χ1) is 7.33. The van der Waals surface area contributed by atoms with Gasteiger partial charge in [-0.25, -0.2) is 4.79 Å². The lowest BCUT2D eigenvalue weighted by Crippen LogP contribution is -2.35. The zero-order chi connectivity index (χ0) is 12.3. The minimum absolute atomic E-state index is 0.0810. The molecule has 0 aliphatic carbocycles. The van der Waals surface area contributed by atoms with E-state index in [1.165, 1.54) is 0 Å². The molecular weight excluding hydrogens is 208 g/mol. The Morgan fingerprint density at radius 3 is 2.62 bits per heavy atom. The average Bonchev–Trinajstić information content (AvgIpc) is 2.46. The van der Waals surface area contributed by atoms with Gasteiger partial charge in [0.2, 0.25) is 0 Å². The fourth-order valence-electron chi connectivity index (χ4n) is 1.83. The second-order valence-corrected chi connectivity index (χ2v) is 5.29. The van der Waals surface area contributed by atoms with Crippen molar-refractivity contribution in [3.05, 3.63) is 0 Å². The maximum absolute atomic E-state index is 11.7. The molecule has 0 radical (unpaired) electrons. The maximum Gasteiger partial charge on any atom is 0.410 e. The summed E-state index contributed by atoms with van der Waals surface area (Å²) in [5, 5.41) is 9.73. The number of aliphatic hydroxyl groups excluding tert-OH is 1. The number of nitrogens with two attached hydrogens (primary N) is 1. The number of amides is 1. The van der Waals surface area contributed by atoms with Crippen molar-refractivity contribution < 1.29 is 14.6 Å². The summed E-state index contributed by atoms with van der Waals surface area (Å²) in [6.07, 6.45) is -0.0948. The molecule has 1 saturated heterocycles. The van der Waals surface area contributed by atoms with Crippen LogP contribution in [-0.4, -0.2) is 47.4 Å². The van der Waals surface area contributed by atoms with Gasteiger partial charge in [-0.15, -0.1) is 0 Å². The predicted octanol–water partition coefficient (Wildman–Crippen LogP) is 0.563. The number of β-amino-alcohol motifs (C(OH)–C–C–N with tert-alkyl or cyclic N) is 1. The number of carbonyl (C=O) groups excluding carboxylic acids is 1. The van der Waals surface area contributed by atoms with E-state index in [0.29, 0.717) is 19.6 Å². The summed E-state index contributed by atoms with van der Waals surface area (Å²) in [7, 11) is 0. The molecule has 1 heterocycles. The molecule has 0 aromatic rings. The molecule has 5 nitrogen and oxygen atoms in total. The molecule has 0 spiro atoms. The van der Waals surface area contributed by atoms with Crippen LogP contribution in [0.3, 0.4) is 0 Å². The van der Waals surface area contributed by atoms with Crippen LogP contribution >= 0.6 is 0 Å². The van der Waals surface area contributed by atoms with Gasteiger partial charge in [0.25, 0.3) is 0 Å². The topological polar surface area (TPSA) is 75.8 Å². The molecule has 3 N–H and O–H groups in total. The summed E-state index contributed by atoms with van der Waals surface area (Å²) in [4.78, 5) is 13.3. The van der Waals surface area contributed by atoms with Crippen molar-refractivity contribution in [3.63, 3.8) is 0 Å². The predicted molar refractivity (Wildman–Crippen MR) is 61.0 cm³/mol. The monoisotopic (exact) mass is 230 g/mol. The summed E-state index contributed by atoms with van der Waals surface area (Å²) >= 11 is 0. The number of likely N-dealkylation sites (tertiary alicyclic amines) is 1. The molecule has 1 aliphatic rings. The molecule has 1 rings (SSSR count). The Bertz CT molecular complexity index is 250. The highest BCUT2D eigenvalue weighted by Crippen LogP contribution is 2.21. The fourth-order valence-corrected chi connectivity index (χ4v) is 1.83. The minimum Gasteiger partial charge on any atom is -0.444 e. The van der Waals surface area contributed by atoms with Gasteiger partial charge in [-0.05, 0) is 33.7 Å². The van der Waals surface area contributed by atoms with E-state index in [9.17, 15) is 9.90 Å². The highest BCUT2D eigenvalue weighted by molar-refractivity contribution is 5.68. The van der Waals surface area contributed by atoms with Gasteiger partial charge >= 0.3 is 6.09 Å². The first kappa shape index (κ1) is 13.3. The molecule has 0 aromatic carbocycles. The van der Waals surface area contributed by atoms with Crippen molar-refractivity contribution >= 4 is 6.09 Å². The molecule has 1 aliphatic heterocycles. The van der Waals surface area contributed by atoms with Crippen molar-refractivity contribution in [1.82, 2.24) is 4.90 Å². The first-order valence-electron chi connectivity index (χ1n) is 5.69. The smallest absolute Gasteiger partial charge is 0.410 e. The largest absolute Gasteiger partial charge is 0.444 e. The van der Waals surface area contributed by atoms with Crippen LogP contribution in [0.1, 0.15) is 27.2 Å². The lowest BCUT2D eigenvalue weighted by molar-refractivity contribution is 0.0269. The molecule has 16 heavy (non-hydrogen) atoms. The van der Waals surface area contributed by atoms with Gasteiger partial charge in [0.15, 0.2) is 0 Å². The number of hydrogen-bond donors (Lipinski definition) is 2. The lowest BCUT2D eigenvalue weighted by Gasteiger charge is -2.24. The van der Waals surface area contributed by atoms with Gasteiger partial charge in [0, 0.05) is 12.5 Å². The summed E-state index contributed by atoms with van der Waals surface area (Å²) in [6.45, 7) is 6.90. The quantitative estimate of drug-likeness (QED) is 0.727. The highest BCUT2D eigenvalue weighted by atomic mass is 16.6. The summed E-state index contributed by atoms with van der Waals surface area (Å²) < 4.78 is 5.24. The van der Waals surface area contributed by atoms with E-state index in [1.807, 2.05) is 20.8 Å². The van der Waals surface area contributed by atoms with E-state index in [2.05, 4.69) is 0 Å². The molecule has 1 unspecified atom stereocenters. The second kappa shape index (κ2) is 5.01. The molecule has 0 saturated carbocycles. The average molecular weight is 230 g/mol. The third kappa shape index (κ3) is 3.64. The number of nitrogens with zero attached hydrogens (tertiary/aromatic N) is 1. The summed E-state index contributed by atoms with van der Waals surface area (Å²) in [5.41, 5.74) is 4.96. The normalized spacial score (nSPS) is 25.9. The van der Waals surface area contributed by atoms with Crippen molar-refractivity contribution in [2.45, 2.75) is 38.9 Å². The van der Waals surface area contributed by atoms with Gasteiger partial charge in [-0.2, -0.15) is 0 Å². The van der Waals surface area contributed by atoms with E-state index in [0.717, 1.165) is 6.42 Å². The van der Waals surface area contributed by atoms with Crippen LogP contribution in [0.5, 0.6) is 0 Å². The maximum atomic E-state index is 11.7. The van der Waals surface area contributed by atoms with Crippen molar-refractivity contribution in [1.29, 1.82) is 0 Å². The number of rotatable bonds is 2. The van der Waals surface area contributed by atoms with E-state index in [4.69, 9.17) is 10.5 Å². The van der Waals surface area contributed by atoms with Crippen LogP contribution in [0.2, 0.25) is 0 Å². The third-order valence-corrected chi connectivity index (χ3v) is 2.60. The second-order valence-electron chi connectivity index (χ2n) is 5.29. The van der Waals surface area contributed by atoms with Crippen LogP contribution in [-0.2, 0) is 4.74 Å². The Kier molecular flexibility index (Phi) is 4.15. The van der Waals surface area contributed by atoms with E-state index >= 15 is 0 Å². The van der Waals surface area contributed by atoms with E-state index in [1.54, 1.807) is 4.90 Å². The third-order valence-electron chi connectivity index (χ3n) is 2.60. The lowest BCUT2D eigenvalue weighted by atomic mass is 10.0. The molecular formula is C11H22N2O3. The van der Waals surface area contributed by atoms with E-state index in [-0.39, 0.29) is 12.0 Å². The van der Waals surface area contributed by atoms with Gasteiger partial charge in [-0.1, -0.05) is 0 Å². The van der Waals surface area contributed by atoms with Gasteiger partial charge in [0.05, 0.1) is 12.6 Å². The Balaban J connectivity index is 2.48. The molecule has 1 fully saturated rings. The minimum atomic E-state index is -0.492. The van der Waals surface area contributed by atoms with E-state index < -0.39 is 11.7 Å². The number of hydrogen-bond acceptors (Lipinski definition) is 4. The first-order valence-corrected chi connectivity index (χ1v) is 5.69. The Morgan fingerprint density at radius 2 is 2.12 bits per heavy atom. The van der Waals surface area contributed by atoms with Crippen LogP contribution in [0.4, 0.5) is 4.79 Å². The van der Waals surface area contributed by atoms with Crippen LogP contribution in [0.15, 0.2) is 0 Å². The Labute approximate surface area is 96.6 Å². The van der Waals surface area contributed by atoms with Gasteiger partial charge in [-0.3, -0.25) is 0 Å². The Hall–Kier alpha value is -0.810. The van der Waals surface area contributed by atoms with Crippen molar-refractivity contribution in [3.8, 4) is 0 Å². The zero-order valence-electron chi connectivity index (χ0n) is 10.3. The van der Waals surface area contributed by atoms with Crippen molar-refractivity contribution in [2.24, 2.45) is 11.7 Å². The molecule has 1 amide bonds. The number of aliphatic hydroxyl groups is 1. The summed E-state index contributed by atoms with van der Waals surface area (Å²) in [5.74, 6) is 0.0810. The molecule has 2 atom stereocenters.